The number of imidazole rings is 1. The van der Waals surface area contributed by atoms with Crippen molar-refractivity contribution in [3.63, 3.8) is 0 Å². The van der Waals surface area contributed by atoms with Crippen molar-refractivity contribution in [2.45, 2.75) is 25.9 Å². The van der Waals surface area contributed by atoms with E-state index in [9.17, 15) is 23.1 Å². The van der Waals surface area contributed by atoms with Crippen LogP contribution in [0.2, 0.25) is 0 Å². The van der Waals surface area contributed by atoms with Gasteiger partial charge in [-0.15, -0.1) is 0 Å². The third-order valence-corrected chi connectivity index (χ3v) is 5.83. The maximum atomic E-state index is 12.8. The second-order valence-electron chi connectivity index (χ2n) is 8.02. The number of aromatic carboxylic acids is 1. The molecule has 10 heteroatoms. The molecule has 2 N–H and O–H groups in total. The second kappa shape index (κ2) is 9.13. The van der Waals surface area contributed by atoms with Crippen LogP contribution in [0.15, 0.2) is 42.7 Å². The highest BCUT2D eigenvalue weighted by Crippen LogP contribution is 2.30. The number of pyridine rings is 1. The number of rotatable bonds is 6. The molecule has 1 saturated heterocycles. The van der Waals surface area contributed by atoms with Crippen LogP contribution in [-0.2, 0) is 6.18 Å². The summed E-state index contributed by atoms with van der Waals surface area (Å²) >= 11 is 0. The summed E-state index contributed by atoms with van der Waals surface area (Å²) in [5, 5.41) is 9.24. The molecule has 1 aliphatic heterocycles. The van der Waals surface area contributed by atoms with Gasteiger partial charge in [-0.25, -0.2) is 14.8 Å². The van der Waals surface area contributed by atoms with E-state index >= 15 is 0 Å². The first-order valence-electron chi connectivity index (χ1n) is 10.5. The summed E-state index contributed by atoms with van der Waals surface area (Å²) < 4.78 is 44.2. The Morgan fingerprint density at radius 2 is 1.94 bits per heavy atom. The molecule has 0 unspecified atom stereocenters. The van der Waals surface area contributed by atoms with Crippen molar-refractivity contribution in [3.8, 4) is 17.1 Å². The number of carbonyl (C=O) groups is 1. The Hall–Kier alpha value is -3.56. The minimum Gasteiger partial charge on any atom is -0.493 e. The van der Waals surface area contributed by atoms with Crippen molar-refractivity contribution in [1.82, 2.24) is 15.0 Å². The first-order chi connectivity index (χ1) is 15.7. The third kappa shape index (κ3) is 5.10. The maximum absolute atomic E-state index is 12.8. The fraction of sp³-hybridized carbons (Fsp3) is 0.348. The number of anilines is 1. The van der Waals surface area contributed by atoms with Crippen LogP contribution in [0.3, 0.4) is 0 Å². The number of H-pyrrole nitrogens is 1. The van der Waals surface area contributed by atoms with Gasteiger partial charge in [-0.2, -0.15) is 13.2 Å². The first kappa shape index (κ1) is 22.6. The quantitative estimate of drug-likeness (QED) is 0.550. The van der Waals surface area contributed by atoms with E-state index in [1.165, 1.54) is 6.20 Å². The predicted octanol–water partition coefficient (Wildman–Crippen LogP) is 4.79. The highest BCUT2D eigenvalue weighted by atomic mass is 19.4. The van der Waals surface area contributed by atoms with Crippen LogP contribution in [0, 0.1) is 12.8 Å². The van der Waals surface area contributed by atoms with Gasteiger partial charge in [0.05, 0.1) is 18.4 Å². The lowest BCUT2D eigenvalue weighted by Gasteiger charge is -2.32. The van der Waals surface area contributed by atoms with E-state index in [0.29, 0.717) is 29.4 Å². The van der Waals surface area contributed by atoms with Gasteiger partial charge in [0.2, 0.25) is 0 Å². The zero-order valence-corrected chi connectivity index (χ0v) is 17.9. The molecule has 0 bridgehead atoms. The van der Waals surface area contributed by atoms with Crippen molar-refractivity contribution >= 4 is 11.8 Å². The molecule has 3 aromatic rings. The van der Waals surface area contributed by atoms with Crippen LogP contribution in [0.4, 0.5) is 19.0 Å². The van der Waals surface area contributed by atoms with E-state index < -0.39 is 17.8 Å². The number of ether oxygens (including phenoxy) is 1. The Kier molecular flexibility index (Phi) is 6.26. The number of piperidine rings is 1. The molecule has 174 valence electrons. The summed E-state index contributed by atoms with van der Waals surface area (Å²) in [6, 6.07) is 8.50. The normalized spacial score (nSPS) is 15.0. The van der Waals surface area contributed by atoms with Crippen LogP contribution in [0.25, 0.3) is 11.4 Å². The van der Waals surface area contributed by atoms with E-state index in [-0.39, 0.29) is 11.4 Å². The highest BCUT2D eigenvalue weighted by Gasteiger charge is 2.33. The molecule has 0 saturated carbocycles. The Balaban J connectivity index is 1.32. The van der Waals surface area contributed by atoms with Crippen LogP contribution in [0.5, 0.6) is 5.75 Å². The molecular formula is C23H23F3N4O3. The summed E-state index contributed by atoms with van der Waals surface area (Å²) in [7, 11) is 0. The molecule has 1 fully saturated rings. The number of benzene rings is 1. The average Bonchev–Trinajstić information content (AvgIpc) is 3.30. The van der Waals surface area contributed by atoms with Gasteiger partial charge in [0, 0.05) is 30.4 Å². The molecule has 1 aliphatic rings. The molecule has 0 radical (unpaired) electrons. The molecular weight excluding hydrogens is 437 g/mol. The number of aromatic amines is 1. The summed E-state index contributed by atoms with van der Waals surface area (Å²) in [5.74, 6) is 0.821. The van der Waals surface area contributed by atoms with Crippen LogP contribution >= 0.6 is 0 Å². The van der Waals surface area contributed by atoms with Gasteiger partial charge in [0.25, 0.3) is 0 Å². The number of halogens is 3. The Morgan fingerprint density at radius 3 is 2.55 bits per heavy atom. The average molecular weight is 460 g/mol. The zero-order chi connectivity index (χ0) is 23.6. The van der Waals surface area contributed by atoms with Crippen molar-refractivity contribution in [1.29, 1.82) is 0 Å². The molecule has 0 spiro atoms. The van der Waals surface area contributed by atoms with Gasteiger partial charge >= 0.3 is 12.1 Å². The van der Waals surface area contributed by atoms with Crippen molar-refractivity contribution < 1.29 is 27.8 Å². The molecule has 4 rings (SSSR count). The predicted molar refractivity (Wildman–Crippen MR) is 115 cm³/mol. The van der Waals surface area contributed by atoms with Crippen LogP contribution in [0.1, 0.15) is 34.5 Å². The van der Waals surface area contributed by atoms with Gasteiger partial charge in [0.1, 0.15) is 23.1 Å². The number of hydrogen-bond donors (Lipinski definition) is 2. The summed E-state index contributed by atoms with van der Waals surface area (Å²) in [4.78, 5) is 23.9. The Labute approximate surface area is 188 Å². The van der Waals surface area contributed by atoms with E-state index in [0.717, 1.165) is 37.9 Å². The van der Waals surface area contributed by atoms with E-state index in [4.69, 9.17) is 4.74 Å². The van der Waals surface area contributed by atoms with Crippen molar-refractivity contribution in [3.05, 3.63) is 59.5 Å². The number of hydrogen-bond acceptors (Lipinski definition) is 5. The minimum atomic E-state index is -4.47. The molecule has 7 nitrogen and oxygen atoms in total. The number of alkyl halides is 3. The lowest BCUT2D eigenvalue weighted by atomic mass is 9.97. The molecule has 0 aliphatic carbocycles. The largest absolute Gasteiger partial charge is 0.493 e. The molecule has 0 amide bonds. The number of nitrogens with zero attached hydrogens (tertiary/aromatic N) is 3. The Morgan fingerprint density at radius 1 is 1.18 bits per heavy atom. The lowest BCUT2D eigenvalue weighted by molar-refractivity contribution is -0.140. The van der Waals surface area contributed by atoms with Crippen LogP contribution in [-0.4, -0.2) is 45.7 Å². The van der Waals surface area contributed by atoms with Gasteiger partial charge in [-0.1, -0.05) is 6.07 Å². The van der Waals surface area contributed by atoms with Crippen molar-refractivity contribution in [2.75, 3.05) is 24.6 Å². The molecule has 0 atom stereocenters. The number of aromatic nitrogens is 3. The van der Waals surface area contributed by atoms with Gasteiger partial charge < -0.3 is 19.7 Å². The third-order valence-electron chi connectivity index (χ3n) is 5.83. The highest BCUT2D eigenvalue weighted by molar-refractivity contribution is 5.90. The second-order valence-corrected chi connectivity index (χ2v) is 8.02. The minimum absolute atomic E-state index is 0.125. The van der Waals surface area contributed by atoms with E-state index in [1.54, 1.807) is 37.3 Å². The summed E-state index contributed by atoms with van der Waals surface area (Å²) in [6.07, 6.45) is -0.413. The topological polar surface area (TPSA) is 91.3 Å². The van der Waals surface area contributed by atoms with Gasteiger partial charge in [-0.05, 0) is 49.9 Å². The molecule has 3 heterocycles. The monoisotopic (exact) mass is 460 g/mol. The van der Waals surface area contributed by atoms with Gasteiger partial charge in [0.15, 0.2) is 0 Å². The smallest absolute Gasteiger partial charge is 0.432 e. The van der Waals surface area contributed by atoms with E-state index in [2.05, 4.69) is 19.9 Å². The Bertz CT molecular complexity index is 1120. The van der Waals surface area contributed by atoms with Gasteiger partial charge in [-0.3, -0.25) is 0 Å². The molecule has 33 heavy (non-hydrogen) atoms. The number of carboxylic acids is 1. The zero-order valence-electron chi connectivity index (χ0n) is 17.9. The standard InChI is InChI=1S/C23H23F3N4O3/c1-14-17(22(31)32)3-2-4-18(14)33-13-15-7-9-30(10-8-15)20-6-5-16(11-27-20)21-28-12-19(29-21)23(24,25)26/h2-6,11-12,15H,7-10,13H2,1H3,(H,28,29)(H,31,32). The summed E-state index contributed by atoms with van der Waals surface area (Å²) in [6.45, 7) is 3.79. The molecule has 1 aromatic carbocycles. The SMILES string of the molecule is Cc1c(OCC2CCN(c3ccc(-c4ncc(C(F)(F)F)[nH]4)cn3)CC2)cccc1C(=O)O. The fourth-order valence-corrected chi connectivity index (χ4v) is 3.86. The summed E-state index contributed by atoms with van der Waals surface area (Å²) in [5.41, 5.74) is 0.443. The number of carboxylic acid groups (broad SMARTS) is 1. The van der Waals surface area contributed by atoms with Crippen LogP contribution < -0.4 is 9.64 Å². The van der Waals surface area contributed by atoms with Crippen molar-refractivity contribution in [2.24, 2.45) is 5.92 Å². The first-order valence-corrected chi connectivity index (χ1v) is 10.5. The lowest BCUT2D eigenvalue weighted by Crippen LogP contribution is -2.36. The van der Waals surface area contributed by atoms with E-state index in [1.807, 2.05) is 0 Å². The number of nitrogens with one attached hydrogen (secondary N) is 1. The maximum Gasteiger partial charge on any atom is 0.432 e. The molecule has 2 aromatic heterocycles. The fourth-order valence-electron chi connectivity index (χ4n) is 3.86.